The van der Waals surface area contributed by atoms with Gasteiger partial charge in [0.1, 0.15) is 12.6 Å². The zero-order valence-electron chi connectivity index (χ0n) is 19.0. The monoisotopic (exact) mass is 450 g/mol. The van der Waals surface area contributed by atoms with Crippen molar-refractivity contribution in [2.75, 3.05) is 13.2 Å². The Morgan fingerprint density at radius 3 is 2.15 bits per heavy atom. The second-order valence-corrected chi connectivity index (χ2v) is 9.74. The van der Waals surface area contributed by atoms with E-state index in [9.17, 15) is 14.4 Å². The highest BCUT2D eigenvalue weighted by Crippen LogP contribution is 2.44. The summed E-state index contributed by atoms with van der Waals surface area (Å²) in [5.41, 5.74) is 3.98. The first kappa shape index (κ1) is 22.8. The Morgan fingerprint density at radius 2 is 1.61 bits per heavy atom. The first-order chi connectivity index (χ1) is 15.7. The summed E-state index contributed by atoms with van der Waals surface area (Å²) in [5.74, 6) is -1.18. The summed E-state index contributed by atoms with van der Waals surface area (Å²) in [7, 11) is 0. The molecule has 1 fully saturated rings. The normalized spacial score (nSPS) is 15.8. The van der Waals surface area contributed by atoms with E-state index < -0.39 is 23.5 Å². The molecule has 0 bridgehead atoms. The molecule has 2 aliphatic rings. The maximum atomic E-state index is 12.8. The third-order valence-electron chi connectivity index (χ3n) is 6.36. The molecule has 0 aliphatic heterocycles. The van der Waals surface area contributed by atoms with Gasteiger partial charge in [-0.05, 0) is 46.4 Å². The molecule has 7 nitrogen and oxygen atoms in total. The van der Waals surface area contributed by atoms with Gasteiger partial charge in [-0.25, -0.2) is 4.79 Å². The fraction of sp³-hybridized carbons (Fsp3) is 0.423. The Labute approximate surface area is 193 Å². The highest BCUT2D eigenvalue weighted by molar-refractivity contribution is 5.86. The molecule has 0 spiro atoms. The molecule has 33 heavy (non-hydrogen) atoms. The molecule has 2 aromatic carbocycles. The molecule has 0 heterocycles. The lowest BCUT2D eigenvalue weighted by Gasteiger charge is -2.25. The van der Waals surface area contributed by atoms with Gasteiger partial charge < -0.3 is 20.5 Å². The van der Waals surface area contributed by atoms with Gasteiger partial charge in [0.2, 0.25) is 5.91 Å². The topological polar surface area (TPSA) is 105 Å². The van der Waals surface area contributed by atoms with Gasteiger partial charge in [0.05, 0.1) is 6.42 Å². The SMILES string of the molecule is CC(C)(CNC(=O)C(NC(=O)OCC1c2ccccc2-c2ccccc21)C1CC1)CC(=O)O. The molecule has 174 valence electrons. The number of alkyl carbamates (subject to hydrolysis) is 1. The number of hydrogen-bond acceptors (Lipinski definition) is 4. The Hall–Kier alpha value is -3.35. The molecule has 1 unspecified atom stereocenters. The van der Waals surface area contributed by atoms with E-state index in [1.54, 1.807) is 13.8 Å². The number of carboxylic acids is 1. The van der Waals surface area contributed by atoms with E-state index in [2.05, 4.69) is 34.9 Å². The predicted octanol–water partition coefficient (Wildman–Crippen LogP) is 3.92. The second kappa shape index (κ2) is 9.25. The fourth-order valence-electron chi connectivity index (χ4n) is 4.50. The van der Waals surface area contributed by atoms with Crippen molar-refractivity contribution < 1.29 is 24.2 Å². The molecule has 7 heteroatoms. The van der Waals surface area contributed by atoms with Crippen LogP contribution in [0.1, 0.15) is 50.2 Å². The van der Waals surface area contributed by atoms with Gasteiger partial charge in [0, 0.05) is 12.5 Å². The van der Waals surface area contributed by atoms with Crippen LogP contribution in [0.2, 0.25) is 0 Å². The Bertz CT molecular complexity index is 1010. The zero-order chi connectivity index (χ0) is 23.6. The van der Waals surface area contributed by atoms with Gasteiger partial charge in [-0.15, -0.1) is 0 Å². The fourth-order valence-corrected chi connectivity index (χ4v) is 4.50. The Balaban J connectivity index is 1.36. The molecule has 1 saturated carbocycles. The molecule has 0 saturated heterocycles. The standard InChI is InChI=1S/C26H30N2O5/c1-26(2,13-22(29)30)15-27-24(31)23(16-11-12-16)28-25(32)33-14-21-19-9-5-3-7-17(19)18-8-4-6-10-20(18)21/h3-10,16,21,23H,11-15H2,1-2H3,(H,27,31)(H,28,32)(H,29,30). The number of hydrogen-bond donors (Lipinski definition) is 3. The number of rotatable bonds is 9. The average Bonchev–Trinajstić information content (AvgIpc) is 3.56. The lowest BCUT2D eigenvalue weighted by molar-refractivity contribution is -0.139. The highest BCUT2D eigenvalue weighted by atomic mass is 16.5. The number of carbonyl (C=O) groups excluding carboxylic acids is 2. The van der Waals surface area contributed by atoms with Crippen LogP contribution in [0.5, 0.6) is 0 Å². The van der Waals surface area contributed by atoms with Gasteiger partial charge in [0.15, 0.2) is 0 Å². The molecule has 1 atom stereocenters. The van der Waals surface area contributed by atoms with Crippen molar-refractivity contribution in [3.63, 3.8) is 0 Å². The number of amides is 2. The Morgan fingerprint density at radius 1 is 1.03 bits per heavy atom. The van der Waals surface area contributed by atoms with E-state index in [-0.39, 0.29) is 37.3 Å². The minimum Gasteiger partial charge on any atom is -0.481 e. The van der Waals surface area contributed by atoms with E-state index in [1.165, 1.54) is 0 Å². The van der Waals surface area contributed by atoms with E-state index in [0.29, 0.717) is 0 Å². The van der Waals surface area contributed by atoms with Crippen LogP contribution in [0.25, 0.3) is 11.1 Å². The quantitative estimate of drug-likeness (QED) is 0.537. The summed E-state index contributed by atoms with van der Waals surface area (Å²) in [6.07, 6.45) is 1.05. The molecular formula is C26H30N2O5. The summed E-state index contributed by atoms with van der Waals surface area (Å²) in [6, 6.07) is 15.6. The maximum absolute atomic E-state index is 12.8. The van der Waals surface area contributed by atoms with Gasteiger partial charge >= 0.3 is 12.1 Å². The minimum absolute atomic E-state index is 0.0480. The van der Waals surface area contributed by atoms with Gasteiger partial charge in [-0.3, -0.25) is 9.59 Å². The van der Waals surface area contributed by atoms with Crippen molar-refractivity contribution >= 4 is 18.0 Å². The van der Waals surface area contributed by atoms with Crippen molar-refractivity contribution in [2.24, 2.45) is 11.3 Å². The third-order valence-corrected chi connectivity index (χ3v) is 6.36. The van der Waals surface area contributed by atoms with Crippen LogP contribution >= 0.6 is 0 Å². The smallest absolute Gasteiger partial charge is 0.407 e. The van der Waals surface area contributed by atoms with Crippen molar-refractivity contribution in [2.45, 2.75) is 45.1 Å². The molecule has 2 aliphatic carbocycles. The first-order valence-electron chi connectivity index (χ1n) is 11.4. The number of carbonyl (C=O) groups is 3. The number of nitrogens with one attached hydrogen (secondary N) is 2. The van der Waals surface area contributed by atoms with Crippen LogP contribution < -0.4 is 10.6 Å². The van der Waals surface area contributed by atoms with Gasteiger partial charge in [-0.2, -0.15) is 0 Å². The number of benzene rings is 2. The minimum atomic E-state index is -0.912. The molecule has 0 aromatic heterocycles. The lowest BCUT2D eigenvalue weighted by atomic mass is 9.89. The van der Waals surface area contributed by atoms with Crippen LogP contribution in [0.3, 0.4) is 0 Å². The second-order valence-electron chi connectivity index (χ2n) is 9.74. The molecule has 4 rings (SSSR count). The van der Waals surface area contributed by atoms with Crippen LogP contribution in [-0.2, 0) is 14.3 Å². The van der Waals surface area contributed by atoms with E-state index in [4.69, 9.17) is 9.84 Å². The van der Waals surface area contributed by atoms with Gasteiger partial charge in [-0.1, -0.05) is 62.4 Å². The molecule has 2 amide bonds. The van der Waals surface area contributed by atoms with Crippen LogP contribution in [0, 0.1) is 11.3 Å². The summed E-state index contributed by atoms with van der Waals surface area (Å²) < 4.78 is 5.59. The summed E-state index contributed by atoms with van der Waals surface area (Å²) in [4.78, 5) is 36.4. The van der Waals surface area contributed by atoms with Crippen LogP contribution in [0.15, 0.2) is 48.5 Å². The van der Waals surface area contributed by atoms with Crippen LogP contribution in [-0.4, -0.2) is 42.3 Å². The van der Waals surface area contributed by atoms with Crippen molar-refractivity contribution in [1.82, 2.24) is 10.6 Å². The van der Waals surface area contributed by atoms with E-state index in [1.807, 2.05) is 24.3 Å². The number of carboxylic acid groups (broad SMARTS) is 1. The molecular weight excluding hydrogens is 420 g/mol. The Kier molecular flexibility index (Phi) is 6.40. The van der Waals surface area contributed by atoms with Crippen LogP contribution in [0.4, 0.5) is 4.79 Å². The van der Waals surface area contributed by atoms with E-state index in [0.717, 1.165) is 35.1 Å². The maximum Gasteiger partial charge on any atom is 0.407 e. The zero-order valence-corrected chi connectivity index (χ0v) is 19.0. The van der Waals surface area contributed by atoms with Crippen molar-refractivity contribution in [3.8, 4) is 11.1 Å². The number of fused-ring (bicyclic) bond motifs is 3. The number of ether oxygens (including phenoxy) is 1. The van der Waals surface area contributed by atoms with Crippen molar-refractivity contribution in [3.05, 3.63) is 59.7 Å². The summed E-state index contributed by atoms with van der Waals surface area (Å²) >= 11 is 0. The third kappa shape index (κ3) is 5.35. The van der Waals surface area contributed by atoms with Gasteiger partial charge in [0.25, 0.3) is 0 Å². The molecule has 0 radical (unpaired) electrons. The van der Waals surface area contributed by atoms with Crippen molar-refractivity contribution in [1.29, 1.82) is 0 Å². The largest absolute Gasteiger partial charge is 0.481 e. The highest BCUT2D eigenvalue weighted by Gasteiger charge is 2.38. The lowest BCUT2D eigenvalue weighted by Crippen LogP contribution is -2.50. The average molecular weight is 451 g/mol. The molecule has 2 aromatic rings. The van der Waals surface area contributed by atoms with E-state index >= 15 is 0 Å². The summed E-state index contributed by atoms with van der Waals surface area (Å²) in [6.45, 7) is 3.97. The molecule has 3 N–H and O–H groups in total. The summed E-state index contributed by atoms with van der Waals surface area (Å²) in [5, 5.41) is 14.6. The number of aliphatic carboxylic acids is 1. The first-order valence-corrected chi connectivity index (χ1v) is 11.4. The predicted molar refractivity (Wildman–Crippen MR) is 124 cm³/mol.